The van der Waals surface area contributed by atoms with Crippen LogP contribution in [0.25, 0.3) is 11.0 Å². The van der Waals surface area contributed by atoms with Crippen molar-refractivity contribution in [2.45, 2.75) is 31.8 Å². The Kier molecular flexibility index (Phi) is 2.82. The van der Waals surface area contributed by atoms with Crippen LogP contribution < -0.4 is 4.90 Å². The summed E-state index contributed by atoms with van der Waals surface area (Å²) in [6, 6.07) is 1.07. The minimum Gasteiger partial charge on any atom is -0.350 e. The summed E-state index contributed by atoms with van der Waals surface area (Å²) in [4.78, 5) is 13.6. The van der Waals surface area contributed by atoms with Crippen LogP contribution in [0.3, 0.4) is 0 Å². The zero-order valence-electron chi connectivity index (χ0n) is 11.4. The molecule has 0 bridgehead atoms. The third-order valence-corrected chi connectivity index (χ3v) is 4.64. The highest BCUT2D eigenvalue weighted by Crippen LogP contribution is 2.31. The van der Waals surface area contributed by atoms with E-state index in [1.54, 1.807) is 6.20 Å². The summed E-state index contributed by atoms with van der Waals surface area (Å²) in [6.07, 6.45) is 4.36. The molecule has 2 aromatic heterocycles. The van der Waals surface area contributed by atoms with Gasteiger partial charge in [0.1, 0.15) is 5.82 Å². The van der Waals surface area contributed by atoms with Crippen LogP contribution >= 0.6 is 11.6 Å². The fourth-order valence-corrected chi connectivity index (χ4v) is 3.66. The minimum absolute atomic E-state index is 0.276. The third kappa shape index (κ3) is 1.86. The first-order valence-corrected chi connectivity index (χ1v) is 7.47. The standard InChI is InChI=1S/C13H17ClN6/c1-8-6-19-4-2-3-9(19)7-20(8)12-10-5-15-18-11(10)16-13(14)17-12/h5,8-9H,2-4,6-7H2,1H3,(H,15,16,17,18). The van der Waals surface area contributed by atoms with E-state index in [9.17, 15) is 0 Å². The van der Waals surface area contributed by atoms with Crippen molar-refractivity contribution in [2.24, 2.45) is 0 Å². The Morgan fingerprint density at radius 3 is 3.15 bits per heavy atom. The van der Waals surface area contributed by atoms with Crippen molar-refractivity contribution in [2.75, 3.05) is 24.5 Å². The fourth-order valence-electron chi connectivity index (χ4n) is 3.49. The highest BCUT2D eigenvalue weighted by atomic mass is 35.5. The quantitative estimate of drug-likeness (QED) is 0.810. The van der Waals surface area contributed by atoms with Gasteiger partial charge in [0, 0.05) is 25.2 Å². The predicted molar refractivity (Wildman–Crippen MR) is 78.1 cm³/mol. The van der Waals surface area contributed by atoms with Crippen LogP contribution in [0, 0.1) is 0 Å². The number of piperazine rings is 1. The number of rotatable bonds is 1. The highest BCUT2D eigenvalue weighted by molar-refractivity contribution is 6.28. The van der Waals surface area contributed by atoms with Crippen LogP contribution in [0.5, 0.6) is 0 Å². The molecule has 1 N–H and O–H groups in total. The summed E-state index contributed by atoms with van der Waals surface area (Å²) in [5.74, 6) is 0.910. The molecule has 2 unspecified atom stereocenters. The van der Waals surface area contributed by atoms with Crippen molar-refractivity contribution in [3.05, 3.63) is 11.5 Å². The van der Waals surface area contributed by atoms with Crippen molar-refractivity contribution >= 4 is 28.5 Å². The molecule has 2 saturated heterocycles. The second kappa shape index (κ2) is 4.56. The van der Waals surface area contributed by atoms with Crippen LogP contribution in [-0.2, 0) is 0 Å². The Bertz CT molecular complexity index is 641. The molecular weight excluding hydrogens is 276 g/mol. The molecule has 0 spiro atoms. The molecule has 6 nitrogen and oxygen atoms in total. The zero-order chi connectivity index (χ0) is 13.7. The lowest BCUT2D eigenvalue weighted by Crippen LogP contribution is -2.55. The number of H-pyrrole nitrogens is 1. The number of hydrogen-bond donors (Lipinski definition) is 1. The number of aromatic nitrogens is 4. The van der Waals surface area contributed by atoms with Gasteiger partial charge in [0.2, 0.25) is 5.28 Å². The molecule has 2 aromatic rings. The van der Waals surface area contributed by atoms with Gasteiger partial charge in [0.15, 0.2) is 5.65 Å². The zero-order valence-corrected chi connectivity index (χ0v) is 12.1. The monoisotopic (exact) mass is 292 g/mol. The predicted octanol–water partition coefficient (Wildman–Crippen LogP) is 1.68. The minimum atomic E-state index is 0.276. The molecule has 0 aromatic carbocycles. The van der Waals surface area contributed by atoms with E-state index in [-0.39, 0.29) is 5.28 Å². The van der Waals surface area contributed by atoms with Gasteiger partial charge in [-0.05, 0) is 37.9 Å². The Hall–Kier alpha value is -1.40. The fraction of sp³-hybridized carbons (Fsp3) is 0.615. The van der Waals surface area contributed by atoms with Crippen molar-refractivity contribution in [1.29, 1.82) is 0 Å². The summed E-state index contributed by atoms with van der Waals surface area (Å²) >= 11 is 6.05. The van der Waals surface area contributed by atoms with Gasteiger partial charge in [-0.25, -0.2) is 0 Å². The van der Waals surface area contributed by atoms with Crippen LogP contribution in [0.2, 0.25) is 5.28 Å². The van der Waals surface area contributed by atoms with Gasteiger partial charge in [-0.3, -0.25) is 10.00 Å². The summed E-state index contributed by atoms with van der Waals surface area (Å²) in [5, 5.41) is 8.17. The normalized spacial score (nSPS) is 27.2. The van der Waals surface area contributed by atoms with E-state index in [2.05, 4.69) is 36.9 Å². The van der Waals surface area contributed by atoms with Gasteiger partial charge >= 0.3 is 0 Å². The number of fused-ring (bicyclic) bond motifs is 2. The lowest BCUT2D eigenvalue weighted by molar-refractivity contribution is 0.202. The molecule has 0 radical (unpaired) electrons. The van der Waals surface area contributed by atoms with Crippen molar-refractivity contribution < 1.29 is 0 Å². The van der Waals surface area contributed by atoms with Crippen LogP contribution in [0.4, 0.5) is 5.82 Å². The number of hydrogen-bond acceptors (Lipinski definition) is 5. The molecule has 7 heteroatoms. The van der Waals surface area contributed by atoms with Gasteiger partial charge in [-0.1, -0.05) is 0 Å². The average Bonchev–Trinajstić information content (AvgIpc) is 3.04. The van der Waals surface area contributed by atoms with Crippen LogP contribution in [0.1, 0.15) is 19.8 Å². The lowest BCUT2D eigenvalue weighted by Gasteiger charge is -2.43. The molecule has 20 heavy (non-hydrogen) atoms. The smallest absolute Gasteiger partial charge is 0.226 e. The Labute approximate surface area is 122 Å². The maximum Gasteiger partial charge on any atom is 0.226 e. The lowest BCUT2D eigenvalue weighted by atomic mass is 10.1. The van der Waals surface area contributed by atoms with E-state index in [4.69, 9.17) is 11.6 Å². The molecule has 2 aliphatic heterocycles. The number of nitrogens with zero attached hydrogens (tertiary/aromatic N) is 5. The molecule has 2 aliphatic rings. The first kappa shape index (κ1) is 12.3. The summed E-state index contributed by atoms with van der Waals surface area (Å²) in [5.41, 5.74) is 0.709. The van der Waals surface area contributed by atoms with Gasteiger partial charge in [-0.15, -0.1) is 0 Å². The van der Waals surface area contributed by atoms with Gasteiger partial charge in [0.05, 0.1) is 11.6 Å². The molecule has 2 fully saturated rings. The Balaban J connectivity index is 1.76. The second-order valence-corrected chi connectivity index (χ2v) is 6.08. The van der Waals surface area contributed by atoms with Gasteiger partial charge in [-0.2, -0.15) is 15.1 Å². The van der Waals surface area contributed by atoms with Crippen molar-refractivity contribution in [3.8, 4) is 0 Å². The molecule has 0 amide bonds. The SMILES string of the molecule is CC1CN2CCCC2CN1c1nc(Cl)nc2[nH]ncc12. The van der Waals surface area contributed by atoms with Gasteiger partial charge < -0.3 is 4.90 Å². The summed E-state index contributed by atoms with van der Waals surface area (Å²) < 4.78 is 0. The number of halogens is 1. The number of aromatic amines is 1. The first-order valence-electron chi connectivity index (χ1n) is 7.09. The van der Waals surface area contributed by atoms with Gasteiger partial charge in [0.25, 0.3) is 0 Å². The third-order valence-electron chi connectivity index (χ3n) is 4.47. The van der Waals surface area contributed by atoms with E-state index in [0.29, 0.717) is 17.7 Å². The molecular formula is C13H17ClN6. The van der Waals surface area contributed by atoms with Crippen LogP contribution in [0.15, 0.2) is 6.20 Å². The molecule has 0 saturated carbocycles. The molecule has 4 heterocycles. The van der Waals surface area contributed by atoms with Crippen LogP contribution in [-0.4, -0.2) is 56.8 Å². The van der Waals surface area contributed by atoms with E-state index in [0.717, 1.165) is 24.3 Å². The van der Waals surface area contributed by atoms with Crippen molar-refractivity contribution in [1.82, 2.24) is 25.1 Å². The Morgan fingerprint density at radius 2 is 2.25 bits per heavy atom. The number of anilines is 1. The maximum atomic E-state index is 6.05. The molecule has 2 atom stereocenters. The van der Waals surface area contributed by atoms with E-state index in [1.807, 2.05) is 0 Å². The summed E-state index contributed by atoms with van der Waals surface area (Å²) in [7, 11) is 0. The maximum absolute atomic E-state index is 6.05. The second-order valence-electron chi connectivity index (χ2n) is 5.74. The van der Waals surface area contributed by atoms with Crippen molar-refractivity contribution in [3.63, 3.8) is 0 Å². The molecule has 0 aliphatic carbocycles. The number of nitrogens with one attached hydrogen (secondary N) is 1. The highest BCUT2D eigenvalue weighted by Gasteiger charge is 2.35. The molecule has 4 rings (SSSR count). The Morgan fingerprint density at radius 1 is 1.35 bits per heavy atom. The summed E-state index contributed by atoms with van der Waals surface area (Å²) in [6.45, 7) is 5.57. The topological polar surface area (TPSA) is 60.9 Å². The average molecular weight is 293 g/mol. The van der Waals surface area contributed by atoms with E-state index < -0.39 is 0 Å². The molecule has 106 valence electrons. The van der Waals surface area contributed by atoms with E-state index in [1.165, 1.54) is 19.4 Å². The first-order chi connectivity index (χ1) is 9.72. The van der Waals surface area contributed by atoms with E-state index >= 15 is 0 Å². The largest absolute Gasteiger partial charge is 0.350 e.